The number of nitrogens with zero attached hydrogens (tertiary/aromatic N) is 1. The highest BCUT2D eigenvalue weighted by Crippen LogP contribution is 2.35. The number of ketones is 2. The number of carbonyl (C=O) groups is 2. The average molecular weight is 369 g/mol. The molecule has 2 N–H and O–H groups in total. The number of aromatic amines is 1. The van der Waals surface area contributed by atoms with Crippen molar-refractivity contribution < 1.29 is 22.8 Å². The lowest BCUT2D eigenvalue weighted by atomic mass is 9.88. The van der Waals surface area contributed by atoms with Gasteiger partial charge in [0, 0.05) is 28.9 Å². The van der Waals surface area contributed by atoms with E-state index in [2.05, 4.69) is 9.97 Å². The number of fused-ring (bicyclic) bond motifs is 4. The molecule has 9 heteroatoms. The van der Waals surface area contributed by atoms with Crippen LogP contribution >= 0.6 is 0 Å². The molecule has 1 atom stereocenters. The molecule has 5 rings (SSSR count). The first-order valence-corrected chi connectivity index (χ1v) is 9.33. The van der Waals surface area contributed by atoms with Crippen molar-refractivity contribution in [3.8, 4) is 0 Å². The maximum atomic E-state index is 12.8. The molecular weight excluding hydrogens is 358 g/mol. The van der Waals surface area contributed by atoms with Crippen LogP contribution in [-0.2, 0) is 14.9 Å². The molecule has 1 unspecified atom stereocenters. The minimum Gasteiger partial charge on any atom is -0.351 e. The molecular formula is C17H11N3O5S. The highest BCUT2D eigenvalue weighted by molar-refractivity contribution is 7.89. The van der Waals surface area contributed by atoms with E-state index in [9.17, 15) is 18.0 Å². The van der Waals surface area contributed by atoms with Crippen LogP contribution in [0, 0.1) is 0 Å². The number of hydrogen-bond acceptors (Lipinski definition) is 6. The Morgan fingerprint density at radius 3 is 2.73 bits per heavy atom. The van der Waals surface area contributed by atoms with Crippen molar-refractivity contribution in [1.82, 2.24) is 14.9 Å². The van der Waals surface area contributed by atoms with Gasteiger partial charge in [0.1, 0.15) is 5.25 Å². The van der Waals surface area contributed by atoms with Crippen LogP contribution in [0.15, 0.2) is 36.7 Å². The third-order valence-corrected chi connectivity index (χ3v) is 6.25. The first kappa shape index (κ1) is 15.4. The van der Waals surface area contributed by atoms with Gasteiger partial charge in [-0.15, -0.1) is 0 Å². The van der Waals surface area contributed by atoms with Gasteiger partial charge in [0.2, 0.25) is 15.8 Å². The first-order chi connectivity index (χ1) is 12.5. The maximum absolute atomic E-state index is 12.8. The Morgan fingerprint density at radius 1 is 1.12 bits per heavy atom. The van der Waals surface area contributed by atoms with Crippen LogP contribution in [0.3, 0.4) is 0 Å². The number of aromatic nitrogens is 2. The van der Waals surface area contributed by atoms with Gasteiger partial charge in [-0.25, -0.2) is 8.42 Å². The van der Waals surface area contributed by atoms with E-state index in [-0.39, 0.29) is 29.4 Å². The number of H-pyrrole nitrogens is 1. The van der Waals surface area contributed by atoms with Gasteiger partial charge in [0.05, 0.1) is 23.4 Å². The van der Waals surface area contributed by atoms with E-state index in [0.717, 1.165) is 0 Å². The van der Waals surface area contributed by atoms with Gasteiger partial charge in [0.25, 0.3) is 0 Å². The Balaban J connectivity index is 1.71. The zero-order valence-electron chi connectivity index (χ0n) is 13.1. The third-order valence-electron chi connectivity index (χ3n) is 4.74. The van der Waals surface area contributed by atoms with Crippen molar-refractivity contribution in [2.24, 2.45) is 0 Å². The molecule has 2 aliphatic rings. The van der Waals surface area contributed by atoms with E-state index in [1.165, 1.54) is 18.5 Å². The summed E-state index contributed by atoms with van der Waals surface area (Å²) in [7, 11) is -3.60. The summed E-state index contributed by atoms with van der Waals surface area (Å²) in [5.41, 5.74) is 2.12. The maximum Gasteiger partial charge on any atom is 0.242 e. The molecule has 0 amide bonds. The second-order valence-electron chi connectivity index (χ2n) is 6.19. The second kappa shape index (κ2) is 5.07. The number of pyridine rings is 1. The lowest BCUT2D eigenvalue weighted by Crippen LogP contribution is -2.20. The van der Waals surface area contributed by atoms with Crippen molar-refractivity contribution in [1.29, 1.82) is 0 Å². The van der Waals surface area contributed by atoms with Gasteiger partial charge in [0.15, 0.2) is 5.78 Å². The third kappa shape index (κ3) is 1.96. The average Bonchev–Trinajstić information content (AvgIpc) is 3.19. The Hall–Kier alpha value is -2.88. The quantitative estimate of drug-likeness (QED) is 0.521. The summed E-state index contributed by atoms with van der Waals surface area (Å²) in [5, 5.41) is -0.277. The van der Waals surface area contributed by atoms with Gasteiger partial charge >= 0.3 is 0 Å². The largest absolute Gasteiger partial charge is 0.351 e. The molecule has 1 saturated heterocycles. The topological polar surface area (TPSA) is 118 Å². The van der Waals surface area contributed by atoms with Crippen LogP contribution < -0.4 is 4.89 Å². The Labute approximate surface area is 147 Å². The molecule has 2 aromatic heterocycles. The minimum absolute atomic E-state index is 0.0107. The van der Waals surface area contributed by atoms with E-state index in [1.807, 2.05) is 4.89 Å². The zero-order chi connectivity index (χ0) is 18.1. The molecule has 1 aromatic carbocycles. The molecule has 3 aromatic rings. The first-order valence-electron chi connectivity index (χ1n) is 7.79. The predicted molar refractivity (Wildman–Crippen MR) is 90.1 cm³/mol. The lowest BCUT2D eigenvalue weighted by Gasteiger charge is -2.13. The highest BCUT2D eigenvalue weighted by Gasteiger charge is 2.36. The molecule has 1 aliphatic heterocycles. The van der Waals surface area contributed by atoms with E-state index in [0.29, 0.717) is 27.6 Å². The van der Waals surface area contributed by atoms with E-state index >= 15 is 0 Å². The number of hydrogen-bond donors (Lipinski definition) is 2. The minimum atomic E-state index is -3.60. The molecule has 0 radical (unpaired) electrons. The van der Waals surface area contributed by atoms with Crippen LogP contribution in [0.1, 0.15) is 42.8 Å². The fourth-order valence-electron chi connectivity index (χ4n) is 3.48. The van der Waals surface area contributed by atoms with E-state index < -0.39 is 15.3 Å². The van der Waals surface area contributed by atoms with Crippen LogP contribution in [-0.4, -0.2) is 36.6 Å². The molecule has 26 heavy (non-hydrogen) atoms. The smallest absolute Gasteiger partial charge is 0.242 e. The number of rotatable bonds is 1. The van der Waals surface area contributed by atoms with Crippen LogP contribution in [0.4, 0.5) is 0 Å². The Morgan fingerprint density at radius 2 is 1.96 bits per heavy atom. The Bertz CT molecular complexity index is 1230. The van der Waals surface area contributed by atoms with Crippen LogP contribution in [0.25, 0.3) is 10.9 Å². The fraction of sp³-hybridized carbons (Fsp3) is 0.118. The molecule has 130 valence electrons. The SMILES string of the molecule is O=C1c2ccncc2C(=O)c2c1[nH]c1cc(C3CONS3(=O)=O)ccc21. The van der Waals surface area contributed by atoms with E-state index in [1.54, 1.807) is 18.2 Å². The van der Waals surface area contributed by atoms with Crippen LogP contribution in [0.2, 0.25) is 0 Å². The van der Waals surface area contributed by atoms with Crippen molar-refractivity contribution in [3.05, 3.63) is 64.6 Å². The summed E-state index contributed by atoms with van der Waals surface area (Å²) in [6.45, 7) is -0.0107. The summed E-state index contributed by atoms with van der Waals surface area (Å²) in [5.74, 6) is -0.562. The molecule has 0 bridgehead atoms. The van der Waals surface area contributed by atoms with Crippen molar-refractivity contribution >= 4 is 32.5 Å². The van der Waals surface area contributed by atoms with Gasteiger partial charge < -0.3 is 4.98 Å². The van der Waals surface area contributed by atoms with Gasteiger partial charge in [-0.3, -0.25) is 19.4 Å². The van der Waals surface area contributed by atoms with Gasteiger partial charge in [-0.05, 0) is 17.7 Å². The number of sulfonamides is 1. The standard InChI is InChI=1S/C17H11N3O5S/c21-16-11-6-18-4-3-9(11)17(22)15-14(16)10-2-1-8(5-12(10)19-15)13-7-25-20-26(13,23)24/h1-6,13,19-20H,7H2. The number of benzene rings is 1. The van der Waals surface area contributed by atoms with Crippen LogP contribution in [0.5, 0.6) is 0 Å². The summed E-state index contributed by atoms with van der Waals surface area (Å²) in [6.07, 6.45) is 2.85. The van der Waals surface area contributed by atoms with Crippen molar-refractivity contribution in [2.45, 2.75) is 5.25 Å². The van der Waals surface area contributed by atoms with Gasteiger partial charge in [-0.2, -0.15) is 0 Å². The summed E-state index contributed by atoms with van der Waals surface area (Å²) >= 11 is 0. The summed E-state index contributed by atoms with van der Waals surface area (Å²) in [4.78, 5) is 39.3. The second-order valence-corrected chi connectivity index (χ2v) is 8.01. The zero-order valence-corrected chi connectivity index (χ0v) is 14.0. The lowest BCUT2D eigenvalue weighted by molar-refractivity contribution is 0.0977. The molecule has 1 fully saturated rings. The normalized spacial score (nSPS) is 21.0. The summed E-state index contributed by atoms with van der Waals surface area (Å²) < 4.78 is 24.0. The highest BCUT2D eigenvalue weighted by atomic mass is 32.2. The number of carbonyl (C=O) groups excluding carboxylic acids is 2. The molecule has 3 heterocycles. The Kier molecular flexibility index (Phi) is 3.00. The summed E-state index contributed by atoms with van der Waals surface area (Å²) in [6, 6.07) is 6.44. The molecule has 1 aliphatic carbocycles. The fourth-order valence-corrected chi connectivity index (χ4v) is 4.58. The van der Waals surface area contributed by atoms with Gasteiger partial charge in [-0.1, -0.05) is 17.0 Å². The monoisotopic (exact) mass is 369 g/mol. The van der Waals surface area contributed by atoms with Crippen molar-refractivity contribution in [2.75, 3.05) is 6.61 Å². The molecule has 8 nitrogen and oxygen atoms in total. The molecule has 0 spiro atoms. The molecule has 0 saturated carbocycles. The number of nitrogens with one attached hydrogen (secondary N) is 2. The van der Waals surface area contributed by atoms with Crippen molar-refractivity contribution in [3.63, 3.8) is 0 Å². The predicted octanol–water partition coefficient (Wildman–Crippen LogP) is 1.24. The van der Waals surface area contributed by atoms with E-state index in [4.69, 9.17) is 4.84 Å².